The molecule has 0 radical (unpaired) electrons. The summed E-state index contributed by atoms with van der Waals surface area (Å²) in [5.74, 6) is 0.946. The highest BCUT2D eigenvalue weighted by atomic mass is 32.2. The number of pyridine rings is 1. The second kappa shape index (κ2) is 10.1. The maximum absolute atomic E-state index is 13.3. The molecule has 4 rings (SSSR count). The summed E-state index contributed by atoms with van der Waals surface area (Å²) in [6.07, 6.45) is 9.08. The number of nitrogens with one attached hydrogen (secondary N) is 1. The molecule has 1 aliphatic rings. The van der Waals surface area contributed by atoms with Gasteiger partial charge in [0.25, 0.3) is 11.5 Å². The van der Waals surface area contributed by atoms with Crippen LogP contribution in [0.1, 0.15) is 43.9 Å². The van der Waals surface area contributed by atoms with E-state index in [1.807, 2.05) is 12.1 Å². The van der Waals surface area contributed by atoms with Crippen molar-refractivity contribution in [2.75, 3.05) is 11.9 Å². The molecular formula is C23H24N4O3S2. The Morgan fingerprint density at radius 3 is 2.84 bits per heavy atom. The first-order valence-electron chi connectivity index (χ1n) is 10.6. The monoisotopic (exact) mass is 468 g/mol. The van der Waals surface area contributed by atoms with Crippen molar-refractivity contribution >= 4 is 51.7 Å². The van der Waals surface area contributed by atoms with Gasteiger partial charge >= 0.3 is 0 Å². The number of aromatic nitrogens is 2. The number of fused-ring (bicyclic) bond motifs is 1. The van der Waals surface area contributed by atoms with E-state index < -0.39 is 0 Å². The van der Waals surface area contributed by atoms with Gasteiger partial charge < -0.3 is 9.73 Å². The van der Waals surface area contributed by atoms with E-state index in [4.69, 9.17) is 16.6 Å². The summed E-state index contributed by atoms with van der Waals surface area (Å²) in [5, 5.41) is 3.18. The van der Waals surface area contributed by atoms with E-state index in [-0.39, 0.29) is 11.5 Å². The summed E-state index contributed by atoms with van der Waals surface area (Å²) in [5.41, 5.74) is 0.567. The molecule has 1 fully saturated rings. The molecule has 3 aromatic rings. The Morgan fingerprint density at radius 1 is 1.19 bits per heavy atom. The van der Waals surface area contributed by atoms with E-state index in [9.17, 15) is 9.59 Å². The number of carbonyl (C=O) groups excluding carboxylic acids is 1. The Labute approximate surface area is 195 Å². The lowest BCUT2D eigenvalue weighted by atomic mass is 10.2. The largest absolute Gasteiger partial charge is 0.467 e. The maximum Gasteiger partial charge on any atom is 0.267 e. The number of unbranched alkanes of at least 4 members (excludes halogenated alkanes) is 3. The highest BCUT2D eigenvalue weighted by Gasteiger charge is 2.32. The molecule has 1 aliphatic heterocycles. The first kappa shape index (κ1) is 22.3. The second-order valence-corrected chi connectivity index (χ2v) is 9.11. The fraction of sp³-hybridized carbons (Fsp3) is 0.304. The number of anilines is 1. The van der Waals surface area contributed by atoms with E-state index in [0.717, 1.165) is 25.7 Å². The molecule has 166 valence electrons. The average molecular weight is 469 g/mol. The topological polar surface area (TPSA) is 79.8 Å². The lowest BCUT2D eigenvalue weighted by molar-refractivity contribution is -0.122. The van der Waals surface area contributed by atoms with Crippen molar-refractivity contribution in [1.29, 1.82) is 0 Å². The van der Waals surface area contributed by atoms with Crippen LogP contribution in [-0.4, -0.2) is 31.1 Å². The van der Waals surface area contributed by atoms with Gasteiger partial charge in [-0.1, -0.05) is 56.2 Å². The first-order chi connectivity index (χ1) is 15.6. The fourth-order valence-electron chi connectivity index (χ4n) is 3.47. The molecule has 0 bridgehead atoms. The number of hydrogen-bond acceptors (Lipinski definition) is 7. The van der Waals surface area contributed by atoms with E-state index in [1.54, 1.807) is 41.6 Å². The van der Waals surface area contributed by atoms with Gasteiger partial charge in [-0.05, 0) is 36.8 Å². The molecule has 4 heterocycles. The predicted octanol–water partition coefficient (Wildman–Crippen LogP) is 4.68. The number of hydrogen-bond donors (Lipinski definition) is 1. The Hall–Kier alpha value is -2.91. The molecule has 0 aromatic carbocycles. The SMILES string of the molecule is CCCCCCN1C(=O)/C(=C/c2c(NCc3ccco3)nc3ccccn3c2=O)SC1=S. The molecule has 0 spiro atoms. The minimum absolute atomic E-state index is 0.161. The fourth-order valence-corrected chi connectivity index (χ4v) is 4.76. The van der Waals surface area contributed by atoms with Gasteiger partial charge in [-0.15, -0.1) is 0 Å². The summed E-state index contributed by atoms with van der Waals surface area (Å²) in [6.45, 7) is 3.11. The van der Waals surface area contributed by atoms with E-state index >= 15 is 0 Å². The maximum atomic E-state index is 13.3. The smallest absolute Gasteiger partial charge is 0.267 e. The molecule has 3 aromatic heterocycles. The van der Waals surface area contributed by atoms with Crippen molar-refractivity contribution in [3.8, 4) is 0 Å². The minimum Gasteiger partial charge on any atom is -0.467 e. The van der Waals surface area contributed by atoms with Crippen molar-refractivity contribution in [1.82, 2.24) is 14.3 Å². The van der Waals surface area contributed by atoms with Crippen molar-refractivity contribution in [3.05, 3.63) is 69.4 Å². The van der Waals surface area contributed by atoms with Crippen molar-refractivity contribution in [2.24, 2.45) is 0 Å². The van der Waals surface area contributed by atoms with Gasteiger partial charge in [0, 0.05) is 12.7 Å². The summed E-state index contributed by atoms with van der Waals surface area (Å²) >= 11 is 6.66. The minimum atomic E-state index is -0.259. The Kier molecular flexibility index (Phi) is 7.06. The standard InChI is InChI=1S/C23H24N4O3S2/c1-2-3-4-6-12-27-22(29)18(32-23(27)31)14-17-20(24-15-16-9-8-13-30-16)25-19-10-5-7-11-26(19)21(17)28/h5,7-11,13-14,24H,2-4,6,12,15H2,1H3/b18-14-. The zero-order chi connectivity index (χ0) is 22.5. The number of nitrogens with zero attached hydrogens (tertiary/aromatic N) is 3. The molecule has 0 aliphatic carbocycles. The number of thiocarbonyl (C=S) groups is 1. The zero-order valence-electron chi connectivity index (χ0n) is 17.7. The summed E-state index contributed by atoms with van der Waals surface area (Å²) in [4.78, 5) is 32.9. The molecule has 1 amide bonds. The average Bonchev–Trinajstić information content (AvgIpc) is 3.41. The highest BCUT2D eigenvalue weighted by molar-refractivity contribution is 8.26. The first-order valence-corrected chi connectivity index (χ1v) is 11.8. The number of amides is 1. The number of carbonyl (C=O) groups is 1. The van der Waals surface area contributed by atoms with Crippen LogP contribution in [0.15, 0.2) is 56.9 Å². The molecule has 0 saturated carbocycles. The van der Waals surface area contributed by atoms with Gasteiger partial charge in [-0.3, -0.25) is 18.9 Å². The van der Waals surface area contributed by atoms with Gasteiger partial charge in [-0.25, -0.2) is 4.98 Å². The molecule has 7 nitrogen and oxygen atoms in total. The van der Waals surface area contributed by atoms with Crippen LogP contribution in [0.4, 0.5) is 5.82 Å². The van der Waals surface area contributed by atoms with E-state index in [1.165, 1.54) is 16.2 Å². The van der Waals surface area contributed by atoms with Crippen LogP contribution < -0.4 is 10.9 Å². The lowest BCUT2D eigenvalue weighted by Gasteiger charge is -2.14. The molecule has 0 atom stereocenters. The van der Waals surface area contributed by atoms with Crippen LogP contribution >= 0.6 is 24.0 Å². The number of rotatable bonds is 9. The van der Waals surface area contributed by atoms with Crippen molar-refractivity contribution in [3.63, 3.8) is 0 Å². The van der Waals surface area contributed by atoms with E-state index in [0.29, 0.717) is 45.1 Å². The molecular weight excluding hydrogens is 444 g/mol. The Bertz CT molecular complexity index is 1220. The van der Waals surface area contributed by atoms with Crippen LogP contribution in [0.2, 0.25) is 0 Å². The normalized spacial score (nSPS) is 15.3. The van der Waals surface area contributed by atoms with Gasteiger partial charge in [0.05, 0.1) is 23.3 Å². The molecule has 1 N–H and O–H groups in total. The van der Waals surface area contributed by atoms with Crippen LogP contribution in [0.3, 0.4) is 0 Å². The summed E-state index contributed by atoms with van der Waals surface area (Å²) < 4.78 is 7.37. The van der Waals surface area contributed by atoms with Gasteiger partial charge in [-0.2, -0.15) is 0 Å². The highest BCUT2D eigenvalue weighted by Crippen LogP contribution is 2.33. The van der Waals surface area contributed by atoms with Crippen LogP contribution in [0.25, 0.3) is 11.7 Å². The van der Waals surface area contributed by atoms with Crippen LogP contribution in [-0.2, 0) is 11.3 Å². The van der Waals surface area contributed by atoms with Crippen molar-refractivity contribution < 1.29 is 9.21 Å². The predicted molar refractivity (Wildman–Crippen MR) is 132 cm³/mol. The third-order valence-electron chi connectivity index (χ3n) is 5.16. The van der Waals surface area contributed by atoms with Gasteiger partial charge in [0.15, 0.2) is 0 Å². The lowest BCUT2D eigenvalue weighted by Crippen LogP contribution is -2.29. The van der Waals surface area contributed by atoms with Gasteiger partial charge in [0.2, 0.25) is 0 Å². The number of thioether (sulfide) groups is 1. The van der Waals surface area contributed by atoms with Crippen LogP contribution in [0.5, 0.6) is 0 Å². The third-order valence-corrected chi connectivity index (χ3v) is 6.54. The van der Waals surface area contributed by atoms with Gasteiger partial charge in [0.1, 0.15) is 21.5 Å². The molecule has 1 saturated heterocycles. The molecule has 32 heavy (non-hydrogen) atoms. The van der Waals surface area contributed by atoms with E-state index in [2.05, 4.69) is 17.2 Å². The molecule has 9 heteroatoms. The zero-order valence-corrected chi connectivity index (χ0v) is 19.4. The second-order valence-electron chi connectivity index (χ2n) is 7.44. The van der Waals surface area contributed by atoms with Crippen molar-refractivity contribution in [2.45, 2.75) is 39.2 Å². The Morgan fingerprint density at radius 2 is 2.06 bits per heavy atom. The summed E-state index contributed by atoms with van der Waals surface area (Å²) in [6, 6.07) is 8.99. The quantitative estimate of drug-likeness (QED) is 0.277. The third kappa shape index (κ3) is 4.78. The Balaban J connectivity index is 1.66. The summed E-state index contributed by atoms with van der Waals surface area (Å²) in [7, 11) is 0. The van der Waals surface area contributed by atoms with Crippen LogP contribution in [0, 0.1) is 0 Å². The molecule has 0 unspecified atom stereocenters. The number of furan rings is 1.